The molecule has 104 valence electrons. The fraction of sp³-hybridized carbons (Fsp3) is 0.133. The molecular weight excluding hydrogens is 322 g/mol. The van der Waals surface area contributed by atoms with Gasteiger partial charge < -0.3 is 9.47 Å². The number of halogens is 1. The Morgan fingerprint density at radius 1 is 1.20 bits per heavy atom. The number of ether oxygens (including phenoxy) is 2. The minimum Gasteiger partial charge on any atom is -0.495 e. The van der Waals surface area contributed by atoms with Gasteiger partial charge in [0.25, 0.3) is 0 Å². The number of carbonyl (C=O) groups is 1. The zero-order chi connectivity index (χ0) is 14.5. The lowest BCUT2D eigenvalue weighted by Gasteiger charge is -2.13. The van der Waals surface area contributed by atoms with Crippen LogP contribution in [0, 0.1) is 6.92 Å². The highest BCUT2D eigenvalue weighted by molar-refractivity contribution is 9.10. The third-order valence-corrected chi connectivity index (χ3v) is 3.12. The van der Waals surface area contributed by atoms with Gasteiger partial charge in [-0.15, -0.1) is 0 Å². The van der Waals surface area contributed by atoms with Crippen molar-refractivity contribution >= 4 is 27.7 Å². The second kappa shape index (κ2) is 6.43. The van der Waals surface area contributed by atoms with Crippen LogP contribution in [0.1, 0.15) is 5.56 Å². The maximum atomic E-state index is 11.9. The minimum absolute atomic E-state index is 0.485. The molecule has 0 atom stereocenters. The van der Waals surface area contributed by atoms with E-state index >= 15 is 0 Å². The Balaban J connectivity index is 2.16. The number of amides is 1. The summed E-state index contributed by atoms with van der Waals surface area (Å²) >= 11 is 3.38. The summed E-state index contributed by atoms with van der Waals surface area (Å²) < 4.78 is 11.3. The normalized spacial score (nSPS) is 9.95. The number of carbonyl (C=O) groups excluding carboxylic acids is 1. The molecule has 0 saturated heterocycles. The quantitative estimate of drug-likeness (QED) is 0.905. The first-order chi connectivity index (χ1) is 9.60. The molecule has 2 rings (SSSR count). The maximum absolute atomic E-state index is 11.9. The Kier molecular flexibility index (Phi) is 4.63. The average Bonchev–Trinajstić information content (AvgIpc) is 2.42. The number of nitrogens with one attached hydrogen (secondary N) is 1. The predicted molar refractivity (Wildman–Crippen MR) is 81.5 cm³/mol. The molecule has 0 aromatic heterocycles. The third-order valence-electron chi connectivity index (χ3n) is 2.66. The van der Waals surface area contributed by atoms with E-state index in [-0.39, 0.29) is 0 Å². The summed E-state index contributed by atoms with van der Waals surface area (Å²) in [6.07, 6.45) is -0.556. The lowest BCUT2D eigenvalue weighted by molar-refractivity contribution is 0.215. The van der Waals surface area contributed by atoms with Crippen LogP contribution in [0.5, 0.6) is 11.5 Å². The molecule has 5 heteroatoms. The summed E-state index contributed by atoms with van der Waals surface area (Å²) in [6.45, 7) is 1.88. The van der Waals surface area contributed by atoms with Crippen LogP contribution in [0.2, 0.25) is 0 Å². The van der Waals surface area contributed by atoms with E-state index in [1.54, 1.807) is 37.4 Å². The zero-order valence-electron chi connectivity index (χ0n) is 11.1. The van der Waals surface area contributed by atoms with Gasteiger partial charge in [-0.25, -0.2) is 4.79 Å². The number of hydrogen-bond donors (Lipinski definition) is 1. The molecule has 0 radical (unpaired) electrons. The Morgan fingerprint density at radius 3 is 2.55 bits per heavy atom. The highest BCUT2D eigenvalue weighted by Crippen LogP contribution is 2.32. The van der Waals surface area contributed by atoms with Gasteiger partial charge in [0.2, 0.25) is 0 Å². The van der Waals surface area contributed by atoms with Crippen LogP contribution in [0.3, 0.4) is 0 Å². The molecule has 0 spiro atoms. The van der Waals surface area contributed by atoms with Crippen molar-refractivity contribution in [3.05, 3.63) is 52.5 Å². The van der Waals surface area contributed by atoms with Crippen molar-refractivity contribution in [2.45, 2.75) is 6.92 Å². The van der Waals surface area contributed by atoms with E-state index in [2.05, 4.69) is 21.2 Å². The lowest BCUT2D eigenvalue weighted by Crippen LogP contribution is -2.18. The summed E-state index contributed by atoms with van der Waals surface area (Å²) in [5.41, 5.74) is 1.47. The van der Waals surface area contributed by atoms with Crippen molar-refractivity contribution in [1.29, 1.82) is 0 Å². The summed E-state index contributed by atoms with van der Waals surface area (Å²) in [4.78, 5) is 11.9. The average molecular weight is 336 g/mol. The van der Waals surface area contributed by atoms with E-state index in [0.717, 1.165) is 10.0 Å². The Labute approximate surface area is 125 Å². The zero-order valence-corrected chi connectivity index (χ0v) is 12.7. The summed E-state index contributed by atoms with van der Waals surface area (Å²) in [7, 11) is 1.55. The molecule has 2 aromatic rings. The van der Waals surface area contributed by atoms with Crippen LogP contribution in [0.15, 0.2) is 46.9 Å². The first-order valence-corrected chi connectivity index (χ1v) is 6.77. The van der Waals surface area contributed by atoms with Crippen molar-refractivity contribution in [1.82, 2.24) is 0 Å². The Morgan fingerprint density at radius 2 is 1.90 bits per heavy atom. The summed E-state index contributed by atoms with van der Waals surface area (Å²) in [5, 5.41) is 2.70. The van der Waals surface area contributed by atoms with Crippen LogP contribution >= 0.6 is 15.9 Å². The lowest BCUT2D eigenvalue weighted by atomic mass is 10.2. The first-order valence-electron chi connectivity index (χ1n) is 5.98. The van der Waals surface area contributed by atoms with Crippen LogP contribution in [-0.2, 0) is 0 Å². The molecular formula is C15H14BrNO3. The number of methoxy groups -OCH3 is 1. The highest BCUT2D eigenvalue weighted by atomic mass is 79.9. The van der Waals surface area contributed by atoms with Gasteiger partial charge in [0, 0.05) is 4.47 Å². The molecule has 20 heavy (non-hydrogen) atoms. The molecule has 0 saturated carbocycles. The molecule has 0 unspecified atom stereocenters. The SMILES string of the molecule is COc1cc(Br)cc(C)c1NC(=O)Oc1ccccc1. The van der Waals surface area contributed by atoms with Gasteiger partial charge in [-0.05, 0) is 36.8 Å². The number of benzene rings is 2. The van der Waals surface area contributed by atoms with Crippen molar-refractivity contribution < 1.29 is 14.3 Å². The van der Waals surface area contributed by atoms with Gasteiger partial charge in [0.05, 0.1) is 12.8 Å². The number of aryl methyl sites for hydroxylation is 1. The second-order valence-electron chi connectivity index (χ2n) is 4.13. The van der Waals surface area contributed by atoms with E-state index in [4.69, 9.17) is 9.47 Å². The molecule has 4 nitrogen and oxygen atoms in total. The van der Waals surface area contributed by atoms with Crippen molar-refractivity contribution in [3.63, 3.8) is 0 Å². The van der Waals surface area contributed by atoms with Gasteiger partial charge in [0.15, 0.2) is 0 Å². The van der Waals surface area contributed by atoms with Gasteiger partial charge >= 0.3 is 6.09 Å². The highest BCUT2D eigenvalue weighted by Gasteiger charge is 2.12. The molecule has 0 heterocycles. The molecule has 0 fully saturated rings. The minimum atomic E-state index is -0.556. The van der Waals surface area contributed by atoms with E-state index in [0.29, 0.717) is 17.2 Å². The predicted octanol–water partition coefficient (Wildman–Crippen LogP) is 4.38. The fourth-order valence-corrected chi connectivity index (χ4v) is 2.31. The van der Waals surface area contributed by atoms with E-state index < -0.39 is 6.09 Å². The largest absolute Gasteiger partial charge is 0.495 e. The van der Waals surface area contributed by atoms with Gasteiger partial charge in [0.1, 0.15) is 11.5 Å². The third kappa shape index (κ3) is 3.51. The Hall–Kier alpha value is -2.01. The smallest absolute Gasteiger partial charge is 0.417 e. The van der Waals surface area contributed by atoms with Crippen molar-refractivity contribution in [2.75, 3.05) is 12.4 Å². The number of rotatable bonds is 3. The molecule has 0 aliphatic rings. The molecule has 1 amide bonds. The molecule has 2 aromatic carbocycles. The topological polar surface area (TPSA) is 47.6 Å². The Bertz CT molecular complexity index is 614. The standard InChI is InChI=1S/C15H14BrNO3/c1-10-8-11(16)9-13(19-2)14(10)17-15(18)20-12-6-4-3-5-7-12/h3-9H,1-2H3,(H,17,18). The van der Waals surface area contributed by atoms with Gasteiger partial charge in [-0.3, -0.25) is 5.32 Å². The molecule has 0 aliphatic heterocycles. The summed E-state index contributed by atoms with van der Waals surface area (Å²) in [5.74, 6) is 1.06. The first kappa shape index (κ1) is 14.4. The monoisotopic (exact) mass is 335 g/mol. The summed E-state index contributed by atoms with van der Waals surface area (Å²) in [6, 6.07) is 12.6. The number of anilines is 1. The number of para-hydroxylation sites is 1. The van der Waals surface area contributed by atoms with E-state index in [9.17, 15) is 4.79 Å². The van der Waals surface area contributed by atoms with E-state index in [1.807, 2.05) is 19.1 Å². The maximum Gasteiger partial charge on any atom is 0.417 e. The van der Waals surface area contributed by atoms with Crippen LogP contribution in [0.4, 0.5) is 10.5 Å². The van der Waals surface area contributed by atoms with Gasteiger partial charge in [-0.1, -0.05) is 34.1 Å². The van der Waals surface area contributed by atoms with Crippen LogP contribution in [0.25, 0.3) is 0 Å². The van der Waals surface area contributed by atoms with E-state index in [1.165, 1.54) is 0 Å². The molecule has 0 aliphatic carbocycles. The van der Waals surface area contributed by atoms with Gasteiger partial charge in [-0.2, -0.15) is 0 Å². The second-order valence-corrected chi connectivity index (χ2v) is 5.04. The number of hydrogen-bond acceptors (Lipinski definition) is 3. The van der Waals surface area contributed by atoms with Crippen LogP contribution in [-0.4, -0.2) is 13.2 Å². The van der Waals surface area contributed by atoms with Crippen LogP contribution < -0.4 is 14.8 Å². The van der Waals surface area contributed by atoms with Crippen molar-refractivity contribution in [2.24, 2.45) is 0 Å². The van der Waals surface area contributed by atoms with Crippen molar-refractivity contribution in [3.8, 4) is 11.5 Å². The fourth-order valence-electron chi connectivity index (χ4n) is 1.76. The molecule has 0 bridgehead atoms. The molecule has 1 N–H and O–H groups in total.